The zero-order chi connectivity index (χ0) is 14.0. The third kappa shape index (κ3) is 3.00. The van der Waals surface area contributed by atoms with Crippen molar-refractivity contribution in [1.29, 1.82) is 0 Å². The highest BCUT2D eigenvalue weighted by atomic mass is 35.5. The number of hydrogen-bond donors (Lipinski definition) is 1. The van der Waals surface area contributed by atoms with Crippen LogP contribution in [0.25, 0.3) is 0 Å². The lowest BCUT2D eigenvalue weighted by molar-refractivity contribution is 0.281. The van der Waals surface area contributed by atoms with Crippen molar-refractivity contribution in [2.75, 3.05) is 13.1 Å². The molecule has 0 spiro atoms. The van der Waals surface area contributed by atoms with Crippen molar-refractivity contribution in [3.05, 3.63) is 40.4 Å². The highest BCUT2D eigenvalue weighted by molar-refractivity contribution is 7.89. The van der Waals surface area contributed by atoms with Crippen molar-refractivity contribution in [3.63, 3.8) is 0 Å². The fourth-order valence-corrected chi connectivity index (χ4v) is 3.56. The molecule has 0 saturated carbocycles. The molecule has 1 aromatic rings. The van der Waals surface area contributed by atoms with Crippen molar-refractivity contribution in [2.45, 2.75) is 24.8 Å². The molecule has 0 radical (unpaired) electrons. The molecule has 1 N–H and O–H groups in total. The van der Waals surface area contributed by atoms with Gasteiger partial charge in [0.25, 0.3) is 0 Å². The number of benzene rings is 1. The summed E-state index contributed by atoms with van der Waals surface area (Å²) >= 11 is 5.87. The lowest BCUT2D eigenvalue weighted by atomic mass is 10.1. The van der Waals surface area contributed by atoms with Crippen LogP contribution in [0, 0.1) is 0 Å². The molecule has 1 heterocycles. The van der Waals surface area contributed by atoms with E-state index in [-0.39, 0.29) is 11.5 Å². The lowest BCUT2D eigenvalue weighted by Crippen LogP contribution is -2.34. The Kier molecular flexibility index (Phi) is 4.30. The fourth-order valence-electron chi connectivity index (χ4n) is 1.95. The second kappa shape index (κ2) is 5.63. The minimum atomic E-state index is -3.52. The van der Waals surface area contributed by atoms with Crippen LogP contribution in [-0.2, 0) is 16.6 Å². The zero-order valence-corrected chi connectivity index (χ0v) is 12.2. The van der Waals surface area contributed by atoms with Gasteiger partial charge < -0.3 is 5.11 Å². The Hall–Kier alpha value is -0.880. The quantitative estimate of drug-likeness (QED) is 0.871. The van der Waals surface area contributed by atoms with Crippen LogP contribution in [0.5, 0.6) is 0 Å². The van der Waals surface area contributed by atoms with E-state index in [1.807, 2.05) is 13.0 Å². The van der Waals surface area contributed by atoms with Crippen molar-refractivity contribution >= 4 is 21.6 Å². The number of aliphatic hydroxyl groups excluding tert-OH is 1. The first kappa shape index (κ1) is 14.5. The number of rotatable bonds is 3. The van der Waals surface area contributed by atoms with Crippen molar-refractivity contribution in [1.82, 2.24) is 4.31 Å². The standard InChI is InChI=1S/C13H16ClNO3S/c1-10-4-6-15(7-5-10)19(17,18)12-2-3-13(14)11(8-12)9-16/h2-4,8,16H,5-7,9H2,1H3. The molecule has 0 aliphatic carbocycles. The summed E-state index contributed by atoms with van der Waals surface area (Å²) in [6.45, 7) is 2.60. The van der Waals surface area contributed by atoms with E-state index in [2.05, 4.69) is 0 Å². The Bertz CT molecular complexity index is 610. The molecule has 0 atom stereocenters. The first-order valence-corrected chi connectivity index (χ1v) is 7.82. The minimum absolute atomic E-state index is 0.175. The van der Waals surface area contributed by atoms with E-state index in [0.29, 0.717) is 23.7 Å². The summed E-state index contributed by atoms with van der Waals surface area (Å²) in [6.07, 6.45) is 2.67. The summed E-state index contributed by atoms with van der Waals surface area (Å²) < 4.78 is 26.3. The first-order chi connectivity index (χ1) is 8.95. The molecule has 2 rings (SSSR count). The topological polar surface area (TPSA) is 57.6 Å². The molecule has 1 aromatic carbocycles. The van der Waals surface area contributed by atoms with Crippen LogP contribution >= 0.6 is 11.6 Å². The number of nitrogens with zero attached hydrogens (tertiary/aromatic N) is 1. The number of sulfonamides is 1. The van der Waals surface area contributed by atoms with E-state index < -0.39 is 10.0 Å². The molecule has 0 saturated heterocycles. The molecular weight excluding hydrogens is 286 g/mol. The second-order valence-corrected chi connectivity index (χ2v) is 6.92. The highest BCUT2D eigenvalue weighted by Gasteiger charge is 2.25. The Labute approximate surface area is 118 Å². The average Bonchev–Trinajstić information content (AvgIpc) is 2.39. The molecule has 0 fully saturated rings. The molecular formula is C13H16ClNO3S. The van der Waals surface area contributed by atoms with Crippen LogP contribution in [0.1, 0.15) is 18.9 Å². The third-order valence-electron chi connectivity index (χ3n) is 3.22. The maximum atomic E-state index is 12.4. The summed E-state index contributed by atoms with van der Waals surface area (Å²) in [6, 6.07) is 4.41. The summed E-state index contributed by atoms with van der Waals surface area (Å²) in [7, 11) is -3.52. The predicted octanol–water partition coefficient (Wildman–Crippen LogP) is 2.17. The van der Waals surface area contributed by atoms with E-state index in [9.17, 15) is 8.42 Å². The molecule has 1 aliphatic heterocycles. The Morgan fingerprint density at radius 2 is 2.16 bits per heavy atom. The summed E-state index contributed by atoms with van der Waals surface area (Å²) in [4.78, 5) is 0.175. The van der Waals surface area contributed by atoms with Gasteiger partial charge in [0, 0.05) is 18.1 Å². The second-order valence-electron chi connectivity index (χ2n) is 4.57. The van der Waals surface area contributed by atoms with Crippen LogP contribution < -0.4 is 0 Å². The van der Waals surface area contributed by atoms with Gasteiger partial charge in [-0.3, -0.25) is 0 Å². The summed E-state index contributed by atoms with van der Waals surface area (Å²) in [5.41, 5.74) is 1.63. The summed E-state index contributed by atoms with van der Waals surface area (Å²) in [5.74, 6) is 0. The molecule has 19 heavy (non-hydrogen) atoms. The van der Waals surface area contributed by atoms with Crippen LogP contribution in [0.4, 0.5) is 0 Å². The van der Waals surface area contributed by atoms with Crippen LogP contribution in [0.2, 0.25) is 5.02 Å². The highest BCUT2D eigenvalue weighted by Crippen LogP contribution is 2.24. The Morgan fingerprint density at radius 1 is 1.42 bits per heavy atom. The Morgan fingerprint density at radius 3 is 2.74 bits per heavy atom. The van der Waals surface area contributed by atoms with Gasteiger partial charge >= 0.3 is 0 Å². The molecule has 4 nitrogen and oxygen atoms in total. The lowest BCUT2D eigenvalue weighted by Gasteiger charge is -2.25. The van der Waals surface area contributed by atoms with Crippen molar-refractivity contribution in [3.8, 4) is 0 Å². The maximum Gasteiger partial charge on any atom is 0.243 e. The third-order valence-corrected chi connectivity index (χ3v) is 5.45. The van der Waals surface area contributed by atoms with Crippen molar-refractivity contribution in [2.24, 2.45) is 0 Å². The van der Waals surface area contributed by atoms with Crippen LogP contribution in [0.3, 0.4) is 0 Å². The molecule has 104 valence electrons. The van der Waals surface area contributed by atoms with Gasteiger partial charge in [0.1, 0.15) is 0 Å². The maximum absolute atomic E-state index is 12.4. The minimum Gasteiger partial charge on any atom is -0.392 e. The molecule has 0 bridgehead atoms. The SMILES string of the molecule is CC1=CCN(S(=O)(=O)c2ccc(Cl)c(CO)c2)CC1. The summed E-state index contributed by atoms with van der Waals surface area (Å²) in [5, 5.41) is 9.52. The van der Waals surface area contributed by atoms with Gasteiger partial charge in [0.05, 0.1) is 11.5 Å². The number of aliphatic hydroxyl groups is 1. The zero-order valence-electron chi connectivity index (χ0n) is 10.6. The van der Waals surface area contributed by atoms with Crippen LogP contribution in [-0.4, -0.2) is 30.9 Å². The van der Waals surface area contributed by atoms with Gasteiger partial charge in [-0.15, -0.1) is 0 Å². The smallest absolute Gasteiger partial charge is 0.243 e. The van der Waals surface area contributed by atoms with Crippen LogP contribution in [0.15, 0.2) is 34.7 Å². The van der Waals surface area contributed by atoms with E-state index >= 15 is 0 Å². The molecule has 1 aliphatic rings. The van der Waals surface area contributed by atoms with E-state index in [4.69, 9.17) is 16.7 Å². The van der Waals surface area contributed by atoms with E-state index in [0.717, 1.165) is 6.42 Å². The predicted molar refractivity (Wildman–Crippen MR) is 74.5 cm³/mol. The largest absolute Gasteiger partial charge is 0.392 e. The van der Waals surface area contributed by atoms with E-state index in [1.165, 1.54) is 28.1 Å². The van der Waals surface area contributed by atoms with Crippen molar-refractivity contribution < 1.29 is 13.5 Å². The monoisotopic (exact) mass is 301 g/mol. The fraction of sp³-hybridized carbons (Fsp3) is 0.385. The molecule has 0 unspecified atom stereocenters. The number of halogens is 1. The average molecular weight is 302 g/mol. The molecule has 0 amide bonds. The van der Waals surface area contributed by atoms with Gasteiger partial charge in [0.15, 0.2) is 0 Å². The van der Waals surface area contributed by atoms with Gasteiger partial charge in [0.2, 0.25) is 10.0 Å². The molecule has 6 heteroatoms. The number of hydrogen-bond acceptors (Lipinski definition) is 3. The first-order valence-electron chi connectivity index (χ1n) is 6.00. The van der Waals surface area contributed by atoms with E-state index in [1.54, 1.807) is 0 Å². The van der Waals surface area contributed by atoms with Gasteiger partial charge in [-0.05, 0) is 37.1 Å². The van der Waals surface area contributed by atoms with Gasteiger partial charge in [-0.1, -0.05) is 23.3 Å². The van der Waals surface area contributed by atoms with Gasteiger partial charge in [-0.25, -0.2) is 8.42 Å². The molecule has 0 aromatic heterocycles. The Balaban J connectivity index is 2.35. The normalized spacial score (nSPS) is 17.3. The van der Waals surface area contributed by atoms with Gasteiger partial charge in [-0.2, -0.15) is 4.31 Å².